The number of benzene rings is 4. The first kappa shape index (κ1) is 33.0. The predicted molar refractivity (Wildman–Crippen MR) is 177 cm³/mol. The van der Waals surface area contributed by atoms with Gasteiger partial charge in [-0.25, -0.2) is 9.59 Å². The molecule has 4 aromatic carbocycles. The van der Waals surface area contributed by atoms with Crippen LogP contribution >= 0.6 is 0 Å². The first-order valence-electron chi connectivity index (χ1n) is 15.3. The third-order valence-corrected chi connectivity index (χ3v) is 7.64. The van der Waals surface area contributed by atoms with Gasteiger partial charge in [-0.1, -0.05) is 129 Å². The molecule has 234 valence electrons. The van der Waals surface area contributed by atoms with Gasteiger partial charge in [0.15, 0.2) is 0 Å². The molecule has 0 aliphatic carbocycles. The number of aliphatic carboxylic acids is 1. The van der Waals surface area contributed by atoms with Crippen molar-refractivity contribution in [2.45, 2.75) is 52.2 Å². The quantitative estimate of drug-likeness (QED) is 0.150. The molecule has 0 heterocycles. The van der Waals surface area contributed by atoms with Gasteiger partial charge in [-0.15, -0.1) is 0 Å². The number of aryl methyl sites for hydroxylation is 1. The molecular weight excluding hydrogens is 564 g/mol. The number of carboxylic acids is 1. The topological polar surface area (TPSA) is 95.9 Å². The van der Waals surface area contributed by atoms with Gasteiger partial charge in [0.05, 0.1) is 6.42 Å². The normalized spacial score (nSPS) is 12.3. The fraction of sp³-hybridized carbons (Fsp3) is 0.289. The van der Waals surface area contributed by atoms with Crippen molar-refractivity contribution in [1.29, 1.82) is 0 Å². The number of carbonyl (C=O) groups is 3. The van der Waals surface area contributed by atoms with Crippen LogP contribution in [-0.4, -0.2) is 46.6 Å². The number of rotatable bonds is 14. The maximum atomic E-state index is 14.0. The first-order valence-corrected chi connectivity index (χ1v) is 15.3. The van der Waals surface area contributed by atoms with Crippen LogP contribution in [-0.2, 0) is 33.8 Å². The van der Waals surface area contributed by atoms with Crippen molar-refractivity contribution in [3.05, 3.63) is 131 Å². The Labute approximate surface area is 265 Å². The van der Waals surface area contributed by atoms with Gasteiger partial charge in [-0.3, -0.25) is 4.79 Å². The molecule has 0 bridgehead atoms. The number of urea groups is 1. The van der Waals surface area contributed by atoms with Crippen molar-refractivity contribution in [2.24, 2.45) is 5.92 Å². The number of ether oxygens (including phenoxy) is 1. The van der Waals surface area contributed by atoms with Crippen LogP contribution in [0.1, 0.15) is 42.5 Å². The molecule has 0 saturated carbocycles. The molecule has 0 saturated heterocycles. The van der Waals surface area contributed by atoms with Crippen LogP contribution in [0.25, 0.3) is 11.1 Å². The number of nitrogens with one attached hydrogen (secondary N) is 1. The van der Waals surface area contributed by atoms with E-state index in [1.807, 2.05) is 130 Å². The Morgan fingerprint density at radius 2 is 1.42 bits per heavy atom. The number of carbonyl (C=O) groups excluding carboxylic acids is 2. The van der Waals surface area contributed by atoms with Gasteiger partial charge < -0.3 is 20.1 Å². The molecule has 0 aliphatic rings. The zero-order chi connectivity index (χ0) is 32.2. The number of amides is 2. The highest BCUT2D eigenvalue weighted by Gasteiger charge is 2.42. The second kappa shape index (κ2) is 15.7. The van der Waals surface area contributed by atoms with Crippen molar-refractivity contribution in [1.82, 2.24) is 10.2 Å². The zero-order valence-corrected chi connectivity index (χ0v) is 26.2. The molecule has 0 fully saturated rings. The maximum absolute atomic E-state index is 14.0. The molecule has 2 N–H and O–H groups in total. The fourth-order valence-corrected chi connectivity index (χ4v) is 5.43. The van der Waals surface area contributed by atoms with Gasteiger partial charge in [-0.05, 0) is 40.7 Å². The minimum atomic E-state index is -1.67. The van der Waals surface area contributed by atoms with Gasteiger partial charge >= 0.3 is 18.0 Å². The van der Waals surface area contributed by atoms with E-state index in [0.717, 1.165) is 33.4 Å². The zero-order valence-electron chi connectivity index (χ0n) is 26.2. The van der Waals surface area contributed by atoms with E-state index < -0.39 is 23.5 Å². The number of nitrogens with zero attached hydrogens (tertiary/aromatic N) is 1. The largest absolute Gasteiger partial charge is 0.479 e. The Morgan fingerprint density at radius 1 is 0.822 bits per heavy atom. The molecule has 0 aromatic heterocycles. The van der Waals surface area contributed by atoms with Crippen molar-refractivity contribution in [3.63, 3.8) is 0 Å². The lowest BCUT2D eigenvalue weighted by molar-refractivity contribution is -0.146. The molecular formula is C38H42N2O5. The van der Waals surface area contributed by atoms with Crippen LogP contribution in [0.4, 0.5) is 4.79 Å². The Bertz CT molecular complexity index is 1560. The molecule has 4 aromatic rings. The summed E-state index contributed by atoms with van der Waals surface area (Å²) in [7, 11) is 0. The van der Waals surface area contributed by atoms with Crippen LogP contribution in [0.2, 0.25) is 0 Å². The molecule has 7 heteroatoms. The lowest BCUT2D eigenvalue weighted by Crippen LogP contribution is -2.61. The lowest BCUT2D eigenvalue weighted by atomic mass is 9.82. The van der Waals surface area contributed by atoms with E-state index in [4.69, 9.17) is 4.74 Å². The Hall–Kier alpha value is -4.91. The highest BCUT2D eigenvalue weighted by molar-refractivity contribution is 5.88. The van der Waals surface area contributed by atoms with Crippen LogP contribution in [0, 0.1) is 12.8 Å². The monoisotopic (exact) mass is 606 g/mol. The van der Waals surface area contributed by atoms with Crippen LogP contribution in [0.3, 0.4) is 0 Å². The Kier molecular flexibility index (Phi) is 11.5. The smallest absolute Gasteiger partial charge is 0.330 e. The van der Waals surface area contributed by atoms with Gasteiger partial charge in [0.1, 0.15) is 12.1 Å². The number of hydrogen-bond acceptors (Lipinski definition) is 4. The molecule has 1 unspecified atom stereocenters. The molecule has 45 heavy (non-hydrogen) atoms. The molecule has 0 aliphatic heterocycles. The van der Waals surface area contributed by atoms with Crippen LogP contribution < -0.4 is 5.32 Å². The van der Waals surface area contributed by atoms with Gasteiger partial charge in [0.2, 0.25) is 0 Å². The Balaban J connectivity index is 1.62. The number of esters is 1. The summed E-state index contributed by atoms with van der Waals surface area (Å²) < 4.78 is 5.44. The minimum absolute atomic E-state index is 0.0121. The van der Waals surface area contributed by atoms with E-state index >= 15 is 0 Å². The third kappa shape index (κ3) is 9.54. The average molecular weight is 607 g/mol. The minimum Gasteiger partial charge on any atom is -0.479 e. The van der Waals surface area contributed by atoms with Crippen molar-refractivity contribution >= 4 is 18.0 Å². The summed E-state index contributed by atoms with van der Waals surface area (Å²) >= 11 is 0. The predicted octanol–water partition coefficient (Wildman–Crippen LogP) is 7.07. The van der Waals surface area contributed by atoms with Crippen LogP contribution in [0.5, 0.6) is 0 Å². The van der Waals surface area contributed by atoms with Crippen molar-refractivity contribution < 1.29 is 24.2 Å². The number of carboxylic acid groups (broad SMARTS) is 1. The average Bonchev–Trinajstić information content (AvgIpc) is 3.03. The van der Waals surface area contributed by atoms with E-state index in [1.165, 1.54) is 4.90 Å². The van der Waals surface area contributed by atoms with Crippen molar-refractivity contribution in [3.8, 4) is 11.1 Å². The third-order valence-electron chi connectivity index (χ3n) is 7.64. The van der Waals surface area contributed by atoms with Crippen LogP contribution in [0.15, 0.2) is 109 Å². The molecule has 1 atom stereocenters. The second-order valence-corrected chi connectivity index (χ2v) is 11.9. The first-order chi connectivity index (χ1) is 21.6. The summed E-state index contributed by atoms with van der Waals surface area (Å²) in [4.78, 5) is 41.5. The highest BCUT2D eigenvalue weighted by Crippen LogP contribution is 2.30. The standard InChI is InChI=1S/C38H42N2O5/c1-28(2)26-40(22-21-35(41)45-27-31-15-9-5-10-16-31)37(44)39-38(36(42)43,24-30-13-7-4-8-14-30)25-33-23-29(3)19-20-34(33)32-17-11-6-12-18-32/h4-20,23,28H,21-22,24-27H2,1-3H3,(H,39,44)(H,42,43). The van der Waals surface area contributed by atoms with E-state index in [1.54, 1.807) is 0 Å². The van der Waals surface area contributed by atoms with E-state index in [9.17, 15) is 19.5 Å². The second-order valence-electron chi connectivity index (χ2n) is 11.9. The number of hydrogen-bond donors (Lipinski definition) is 2. The summed E-state index contributed by atoms with van der Waals surface area (Å²) in [5, 5.41) is 13.8. The summed E-state index contributed by atoms with van der Waals surface area (Å²) in [6.07, 6.45) is 0.122. The summed E-state index contributed by atoms with van der Waals surface area (Å²) in [6.45, 7) is 6.51. The van der Waals surface area contributed by atoms with Gasteiger partial charge in [0, 0.05) is 25.9 Å². The van der Waals surface area contributed by atoms with Gasteiger partial charge in [-0.2, -0.15) is 0 Å². The SMILES string of the molecule is Cc1ccc(-c2ccccc2)c(CC(Cc2ccccc2)(NC(=O)N(CCC(=O)OCc2ccccc2)CC(C)C)C(=O)O)c1. The van der Waals surface area contributed by atoms with E-state index in [0.29, 0.717) is 6.54 Å². The molecule has 0 radical (unpaired) electrons. The van der Waals surface area contributed by atoms with Crippen molar-refractivity contribution in [2.75, 3.05) is 13.1 Å². The summed E-state index contributed by atoms with van der Waals surface area (Å²) in [5.41, 5.74) is 3.68. The molecule has 4 rings (SSSR count). The van der Waals surface area contributed by atoms with E-state index in [2.05, 4.69) is 5.32 Å². The maximum Gasteiger partial charge on any atom is 0.330 e. The fourth-order valence-electron chi connectivity index (χ4n) is 5.43. The van der Waals surface area contributed by atoms with Gasteiger partial charge in [0.25, 0.3) is 0 Å². The summed E-state index contributed by atoms with van der Waals surface area (Å²) in [6, 6.07) is 34.0. The molecule has 0 spiro atoms. The molecule has 2 amide bonds. The highest BCUT2D eigenvalue weighted by atomic mass is 16.5. The Morgan fingerprint density at radius 3 is 2.02 bits per heavy atom. The summed E-state index contributed by atoms with van der Waals surface area (Å²) in [5.74, 6) is -1.47. The molecule has 7 nitrogen and oxygen atoms in total. The van der Waals surface area contributed by atoms with E-state index in [-0.39, 0.29) is 38.3 Å². The lowest BCUT2D eigenvalue weighted by Gasteiger charge is -2.35.